The molecule has 3 aliphatic rings. The minimum atomic E-state index is 0.339. The number of carbonyl (C=O) groups excluding carboxylic acids is 1. The van der Waals surface area contributed by atoms with Crippen LogP contribution in [0.4, 0.5) is 0 Å². The summed E-state index contributed by atoms with van der Waals surface area (Å²) in [4.78, 5) is 12.1. The Morgan fingerprint density at radius 3 is 2.65 bits per heavy atom. The standard InChI is InChI=1S/C14H24N2O/c17-13(16-10-11-3-1-2-4-11)12-9-14(12)5-7-15-8-6-14/h11-12,15H,1-10H2,(H,16,17). The van der Waals surface area contributed by atoms with Crippen LogP contribution in [0.25, 0.3) is 0 Å². The van der Waals surface area contributed by atoms with Crippen LogP contribution in [-0.2, 0) is 4.79 Å². The predicted molar refractivity (Wildman–Crippen MR) is 67.6 cm³/mol. The summed E-state index contributed by atoms with van der Waals surface area (Å²) in [5.41, 5.74) is 0.394. The van der Waals surface area contributed by atoms with Crippen LogP contribution < -0.4 is 10.6 Å². The molecule has 1 unspecified atom stereocenters. The number of hydrogen-bond donors (Lipinski definition) is 2. The zero-order valence-corrected chi connectivity index (χ0v) is 10.6. The van der Waals surface area contributed by atoms with Crippen LogP contribution >= 0.6 is 0 Å². The lowest BCUT2D eigenvalue weighted by Gasteiger charge is -2.23. The highest BCUT2D eigenvalue weighted by Crippen LogP contribution is 2.58. The van der Waals surface area contributed by atoms with Crippen molar-refractivity contribution in [1.29, 1.82) is 0 Å². The number of carbonyl (C=O) groups is 1. The number of amides is 1. The first-order valence-electron chi connectivity index (χ1n) is 7.29. The van der Waals surface area contributed by atoms with E-state index in [0.29, 0.717) is 17.2 Å². The van der Waals surface area contributed by atoms with Crippen molar-refractivity contribution in [3.63, 3.8) is 0 Å². The molecule has 2 N–H and O–H groups in total. The van der Waals surface area contributed by atoms with E-state index in [1.54, 1.807) is 0 Å². The van der Waals surface area contributed by atoms with Gasteiger partial charge in [-0.05, 0) is 56.5 Å². The Bertz CT molecular complexity index is 291. The van der Waals surface area contributed by atoms with Gasteiger partial charge in [0.25, 0.3) is 0 Å². The van der Waals surface area contributed by atoms with Gasteiger partial charge < -0.3 is 10.6 Å². The molecule has 1 spiro atoms. The minimum absolute atomic E-state index is 0.339. The SMILES string of the molecule is O=C(NCC1CCCC1)C1CC12CCNCC2. The Morgan fingerprint density at radius 1 is 1.24 bits per heavy atom. The summed E-state index contributed by atoms with van der Waals surface area (Å²) in [7, 11) is 0. The normalized spacial score (nSPS) is 31.6. The monoisotopic (exact) mass is 236 g/mol. The Kier molecular flexibility index (Phi) is 3.12. The van der Waals surface area contributed by atoms with Gasteiger partial charge in [-0.15, -0.1) is 0 Å². The third-order valence-corrected chi connectivity index (χ3v) is 5.15. The molecule has 3 rings (SSSR count). The molecule has 1 aliphatic heterocycles. The fraction of sp³-hybridized carbons (Fsp3) is 0.929. The quantitative estimate of drug-likeness (QED) is 0.783. The van der Waals surface area contributed by atoms with Crippen LogP contribution in [0.2, 0.25) is 0 Å². The lowest BCUT2D eigenvalue weighted by Crippen LogP contribution is -2.35. The molecule has 0 aromatic heterocycles. The minimum Gasteiger partial charge on any atom is -0.356 e. The maximum absolute atomic E-state index is 12.1. The van der Waals surface area contributed by atoms with E-state index in [0.717, 1.165) is 32.0 Å². The largest absolute Gasteiger partial charge is 0.356 e. The Morgan fingerprint density at radius 2 is 1.94 bits per heavy atom. The summed E-state index contributed by atoms with van der Waals surface area (Å²) in [6, 6.07) is 0. The third-order valence-electron chi connectivity index (χ3n) is 5.15. The van der Waals surface area contributed by atoms with Crippen molar-refractivity contribution in [2.75, 3.05) is 19.6 Å². The number of nitrogens with one attached hydrogen (secondary N) is 2. The van der Waals surface area contributed by atoms with Crippen molar-refractivity contribution in [3.05, 3.63) is 0 Å². The first-order chi connectivity index (χ1) is 8.30. The van der Waals surface area contributed by atoms with Gasteiger partial charge in [0.15, 0.2) is 0 Å². The van der Waals surface area contributed by atoms with Gasteiger partial charge in [-0.1, -0.05) is 12.8 Å². The second-order valence-electron chi connectivity index (χ2n) is 6.26. The molecule has 0 bridgehead atoms. The smallest absolute Gasteiger partial charge is 0.223 e. The molecule has 0 aromatic rings. The summed E-state index contributed by atoms with van der Waals surface area (Å²) >= 11 is 0. The lowest BCUT2D eigenvalue weighted by molar-refractivity contribution is -0.123. The molecule has 0 aromatic carbocycles. The molecule has 3 fully saturated rings. The van der Waals surface area contributed by atoms with E-state index in [2.05, 4.69) is 10.6 Å². The van der Waals surface area contributed by atoms with Crippen LogP contribution in [0, 0.1) is 17.3 Å². The number of rotatable bonds is 3. The van der Waals surface area contributed by atoms with E-state index in [9.17, 15) is 4.79 Å². The Hall–Kier alpha value is -0.570. The van der Waals surface area contributed by atoms with E-state index in [1.807, 2.05) is 0 Å². The zero-order valence-electron chi connectivity index (χ0n) is 10.6. The average Bonchev–Trinajstić information content (AvgIpc) is 2.82. The van der Waals surface area contributed by atoms with Gasteiger partial charge in [0.1, 0.15) is 0 Å². The molecule has 0 radical (unpaired) electrons. The van der Waals surface area contributed by atoms with Gasteiger partial charge in [-0.25, -0.2) is 0 Å². The number of hydrogen-bond acceptors (Lipinski definition) is 2. The molecule has 2 aliphatic carbocycles. The van der Waals surface area contributed by atoms with Gasteiger partial charge in [0.05, 0.1) is 0 Å². The molecule has 1 atom stereocenters. The summed E-state index contributed by atoms with van der Waals surface area (Å²) in [6.07, 6.45) is 8.91. The maximum atomic E-state index is 12.1. The Balaban J connectivity index is 1.44. The first kappa shape index (κ1) is 11.5. The van der Waals surface area contributed by atoms with Crippen molar-refractivity contribution in [2.24, 2.45) is 17.3 Å². The molecule has 3 heteroatoms. The van der Waals surface area contributed by atoms with Crippen LogP contribution in [0.3, 0.4) is 0 Å². The fourth-order valence-corrected chi connectivity index (χ4v) is 3.78. The Labute approximate surface area is 104 Å². The van der Waals surface area contributed by atoms with Gasteiger partial charge >= 0.3 is 0 Å². The zero-order chi connectivity index (χ0) is 11.7. The van der Waals surface area contributed by atoms with Crippen LogP contribution in [0.5, 0.6) is 0 Å². The van der Waals surface area contributed by atoms with Crippen molar-refractivity contribution in [3.8, 4) is 0 Å². The second-order valence-corrected chi connectivity index (χ2v) is 6.26. The van der Waals surface area contributed by atoms with Crippen molar-refractivity contribution in [1.82, 2.24) is 10.6 Å². The van der Waals surface area contributed by atoms with Crippen molar-refractivity contribution in [2.45, 2.75) is 44.9 Å². The van der Waals surface area contributed by atoms with Gasteiger partial charge in [0, 0.05) is 12.5 Å². The van der Waals surface area contributed by atoms with Gasteiger partial charge in [-0.3, -0.25) is 4.79 Å². The van der Waals surface area contributed by atoms with E-state index in [-0.39, 0.29) is 0 Å². The van der Waals surface area contributed by atoms with Crippen LogP contribution in [-0.4, -0.2) is 25.5 Å². The third kappa shape index (κ3) is 2.35. The average molecular weight is 236 g/mol. The fourth-order valence-electron chi connectivity index (χ4n) is 3.78. The summed E-state index contributed by atoms with van der Waals surface area (Å²) in [5, 5.41) is 6.58. The van der Waals surface area contributed by atoms with Crippen LogP contribution in [0.15, 0.2) is 0 Å². The highest BCUT2D eigenvalue weighted by Gasteiger charge is 2.57. The molecule has 1 saturated heterocycles. The van der Waals surface area contributed by atoms with Crippen LogP contribution in [0.1, 0.15) is 44.9 Å². The molecule has 96 valence electrons. The van der Waals surface area contributed by atoms with E-state index in [1.165, 1.54) is 38.5 Å². The molecular formula is C14H24N2O. The maximum Gasteiger partial charge on any atom is 0.223 e. The summed E-state index contributed by atoms with van der Waals surface area (Å²) < 4.78 is 0. The van der Waals surface area contributed by atoms with E-state index < -0.39 is 0 Å². The van der Waals surface area contributed by atoms with E-state index in [4.69, 9.17) is 0 Å². The highest BCUT2D eigenvalue weighted by atomic mass is 16.2. The van der Waals surface area contributed by atoms with Crippen molar-refractivity contribution >= 4 is 5.91 Å². The topological polar surface area (TPSA) is 41.1 Å². The molecule has 1 heterocycles. The summed E-state index contributed by atoms with van der Waals surface area (Å²) in [6.45, 7) is 3.14. The number of piperidine rings is 1. The van der Waals surface area contributed by atoms with Gasteiger partial charge in [0.2, 0.25) is 5.91 Å². The molecule has 3 nitrogen and oxygen atoms in total. The molecule has 1 amide bonds. The highest BCUT2D eigenvalue weighted by molar-refractivity contribution is 5.82. The predicted octanol–water partition coefficient (Wildman–Crippen LogP) is 1.68. The lowest BCUT2D eigenvalue weighted by atomic mass is 9.91. The molecule has 2 saturated carbocycles. The van der Waals surface area contributed by atoms with E-state index >= 15 is 0 Å². The molecule has 17 heavy (non-hydrogen) atoms. The van der Waals surface area contributed by atoms with Gasteiger partial charge in [-0.2, -0.15) is 0 Å². The first-order valence-corrected chi connectivity index (χ1v) is 7.29. The summed E-state index contributed by atoms with van der Waals surface area (Å²) in [5.74, 6) is 1.45. The van der Waals surface area contributed by atoms with Crippen molar-refractivity contribution < 1.29 is 4.79 Å². The molecular weight excluding hydrogens is 212 g/mol. The second kappa shape index (κ2) is 4.60.